The number of anilines is 1. The second-order valence-corrected chi connectivity index (χ2v) is 7.71. The van der Waals surface area contributed by atoms with Gasteiger partial charge in [0, 0.05) is 5.92 Å². The highest BCUT2D eigenvalue weighted by molar-refractivity contribution is 14.1. The summed E-state index contributed by atoms with van der Waals surface area (Å²) < 4.78 is 1.07. The Morgan fingerprint density at radius 3 is 2.61 bits per heavy atom. The standard InChI is InChI=1S/C13H20IN3S/c1-8(2)18-7-10-16-12(9-5-3-4-6-9)11(14)13(15)17-10/h8-9H,3-7H2,1-2H3,(H2,15,16,17). The molecule has 0 saturated heterocycles. The van der Waals surface area contributed by atoms with Gasteiger partial charge in [0.15, 0.2) is 0 Å². The normalized spacial score (nSPS) is 16.7. The fourth-order valence-corrected chi connectivity index (χ4v) is 3.60. The molecule has 1 aromatic rings. The molecule has 0 amide bonds. The average Bonchev–Trinajstić information content (AvgIpc) is 2.84. The van der Waals surface area contributed by atoms with E-state index in [1.807, 2.05) is 11.8 Å². The summed E-state index contributed by atoms with van der Waals surface area (Å²) in [7, 11) is 0. The first-order valence-corrected chi connectivity index (χ1v) is 8.64. The summed E-state index contributed by atoms with van der Waals surface area (Å²) in [6.07, 6.45) is 5.15. The monoisotopic (exact) mass is 377 g/mol. The Labute approximate surface area is 127 Å². The molecule has 0 aliphatic heterocycles. The first-order chi connectivity index (χ1) is 8.58. The van der Waals surface area contributed by atoms with Crippen LogP contribution >= 0.6 is 34.4 Å². The third-order valence-corrected chi connectivity index (χ3v) is 5.43. The molecule has 2 N–H and O–H groups in total. The lowest BCUT2D eigenvalue weighted by molar-refractivity contribution is 0.684. The number of hydrogen-bond acceptors (Lipinski definition) is 4. The SMILES string of the molecule is CC(C)SCc1nc(N)c(I)c(C2CCCC2)n1. The third-order valence-electron chi connectivity index (χ3n) is 3.24. The van der Waals surface area contributed by atoms with E-state index in [9.17, 15) is 0 Å². The Morgan fingerprint density at radius 2 is 2.00 bits per heavy atom. The Kier molecular flexibility index (Phi) is 5.12. The van der Waals surface area contributed by atoms with Crippen molar-refractivity contribution in [3.63, 3.8) is 0 Å². The summed E-state index contributed by atoms with van der Waals surface area (Å²) in [5, 5.41) is 0.601. The van der Waals surface area contributed by atoms with Gasteiger partial charge in [0.1, 0.15) is 11.6 Å². The lowest BCUT2D eigenvalue weighted by atomic mass is 10.0. The number of rotatable bonds is 4. The second-order valence-electron chi connectivity index (χ2n) is 5.07. The van der Waals surface area contributed by atoms with Crippen LogP contribution < -0.4 is 5.73 Å². The zero-order valence-electron chi connectivity index (χ0n) is 10.9. The molecule has 2 rings (SSSR count). The lowest BCUT2D eigenvalue weighted by Gasteiger charge is -2.14. The maximum absolute atomic E-state index is 6.03. The molecular weight excluding hydrogens is 357 g/mol. The number of nitrogens with zero attached hydrogens (tertiary/aromatic N) is 2. The highest BCUT2D eigenvalue weighted by Gasteiger charge is 2.23. The van der Waals surface area contributed by atoms with Gasteiger partial charge in [0.05, 0.1) is 15.0 Å². The van der Waals surface area contributed by atoms with E-state index in [-0.39, 0.29) is 0 Å². The molecule has 0 bridgehead atoms. The minimum Gasteiger partial charge on any atom is -0.383 e. The predicted octanol–water partition coefficient (Wildman–Crippen LogP) is 3.96. The van der Waals surface area contributed by atoms with Crippen LogP contribution in [-0.4, -0.2) is 15.2 Å². The molecule has 1 heterocycles. The van der Waals surface area contributed by atoms with E-state index in [0.717, 1.165) is 15.1 Å². The number of halogens is 1. The number of nitrogen functional groups attached to an aromatic ring is 1. The molecule has 1 fully saturated rings. The van der Waals surface area contributed by atoms with Gasteiger partial charge in [-0.05, 0) is 40.7 Å². The highest BCUT2D eigenvalue weighted by atomic mass is 127. The molecule has 100 valence electrons. The van der Waals surface area contributed by atoms with Crippen LogP contribution in [0.5, 0.6) is 0 Å². The van der Waals surface area contributed by atoms with Crippen LogP contribution in [0.15, 0.2) is 0 Å². The van der Waals surface area contributed by atoms with Gasteiger partial charge in [-0.2, -0.15) is 11.8 Å². The molecule has 0 atom stereocenters. The molecule has 1 aliphatic rings. The molecule has 0 spiro atoms. The van der Waals surface area contributed by atoms with E-state index >= 15 is 0 Å². The van der Waals surface area contributed by atoms with Gasteiger partial charge in [-0.1, -0.05) is 26.7 Å². The number of thioether (sulfide) groups is 1. The highest BCUT2D eigenvalue weighted by Crippen LogP contribution is 2.36. The molecule has 5 heteroatoms. The lowest BCUT2D eigenvalue weighted by Crippen LogP contribution is -2.09. The van der Waals surface area contributed by atoms with E-state index < -0.39 is 0 Å². The summed E-state index contributed by atoms with van der Waals surface area (Å²) >= 11 is 4.16. The van der Waals surface area contributed by atoms with Crippen LogP contribution in [0.2, 0.25) is 0 Å². The predicted molar refractivity (Wildman–Crippen MR) is 86.8 cm³/mol. The molecule has 1 aromatic heterocycles. The third kappa shape index (κ3) is 3.50. The first kappa shape index (κ1) is 14.4. The van der Waals surface area contributed by atoms with Crippen molar-refractivity contribution in [3.8, 4) is 0 Å². The minimum atomic E-state index is 0.601. The Morgan fingerprint density at radius 1 is 1.33 bits per heavy atom. The fraction of sp³-hybridized carbons (Fsp3) is 0.692. The van der Waals surface area contributed by atoms with E-state index in [1.54, 1.807) is 0 Å². The fourth-order valence-electron chi connectivity index (χ4n) is 2.31. The van der Waals surface area contributed by atoms with E-state index in [1.165, 1.54) is 31.4 Å². The summed E-state index contributed by atoms with van der Waals surface area (Å²) in [6, 6.07) is 0. The number of nitrogens with two attached hydrogens (primary N) is 1. The van der Waals surface area contributed by atoms with Crippen molar-refractivity contribution in [2.24, 2.45) is 0 Å². The van der Waals surface area contributed by atoms with Crippen molar-refractivity contribution in [1.29, 1.82) is 0 Å². The minimum absolute atomic E-state index is 0.601. The molecular formula is C13H20IN3S. The van der Waals surface area contributed by atoms with Crippen molar-refractivity contribution in [1.82, 2.24) is 9.97 Å². The van der Waals surface area contributed by atoms with Crippen LogP contribution in [0.25, 0.3) is 0 Å². The van der Waals surface area contributed by atoms with Crippen molar-refractivity contribution in [3.05, 3.63) is 15.1 Å². The number of aromatic nitrogens is 2. The van der Waals surface area contributed by atoms with Crippen molar-refractivity contribution >= 4 is 40.2 Å². The summed E-state index contributed by atoms with van der Waals surface area (Å²) in [5.41, 5.74) is 7.22. The summed E-state index contributed by atoms with van der Waals surface area (Å²) in [6.45, 7) is 4.39. The zero-order chi connectivity index (χ0) is 13.1. The van der Waals surface area contributed by atoms with Crippen molar-refractivity contribution < 1.29 is 0 Å². The Balaban J connectivity index is 2.21. The van der Waals surface area contributed by atoms with E-state index in [2.05, 4.69) is 41.4 Å². The van der Waals surface area contributed by atoms with Crippen LogP contribution in [-0.2, 0) is 5.75 Å². The van der Waals surface area contributed by atoms with Gasteiger partial charge >= 0.3 is 0 Å². The summed E-state index contributed by atoms with van der Waals surface area (Å²) in [4.78, 5) is 9.18. The maximum atomic E-state index is 6.03. The van der Waals surface area contributed by atoms with E-state index in [4.69, 9.17) is 10.7 Å². The van der Waals surface area contributed by atoms with Gasteiger partial charge in [0.25, 0.3) is 0 Å². The zero-order valence-corrected chi connectivity index (χ0v) is 13.9. The topological polar surface area (TPSA) is 51.8 Å². The molecule has 3 nitrogen and oxygen atoms in total. The first-order valence-electron chi connectivity index (χ1n) is 6.51. The molecule has 0 aromatic carbocycles. The van der Waals surface area contributed by atoms with Crippen molar-refractivity contribution in [2.75, 3.05) is 5.73 Å². The van der Waals surface area contributed by atoms with Crippen molar-refractivity contribution in [2.45, 2.75) is 56.5 Å². The molecule has 1 saturated carbocycles. The smallest absolute Gasteiger partial charge is 0.140 e. The Hall–Kier alpha value is -0.0400. The van der Waals surface area contributed by atoms with E-state index in [0.29, 0.717) is 17.0 Å². The quantitative estimate of drug-likeness (QED) is 0.807. The molecule has 0 radical (unpaired) electrons. The summed E-state index contributed by atoms with van der Waals surface area (Å²) in [5.74, 6) is 3.02. The van der Waals surface area contributed by atoms with Gasteiger partial charge in [0.2, 0.25) is 0 Å². The van der Waals surface area contributed by atoms with Gasteiger partial charge in [-0.15, -0.1) is 0 Å². The van der Waals surface area contributed by atoms with Crippen LogP contribution in [0.3, 0.4) is 0 Å². The van der Waals surface area contributed by atoms with Crippen LogP contribution in [0.1, 0.15) is 57.0 Å². The van der Waals surface area contributed by atoms with Crippen LogP contribution in [0.4, 0.5) is 5.82 Å². The van der Waals surface area contributed by atoms with Gasteiger partial charge in [-0.3, -0.25) is 0 Å². The number of hydrogen-bond donors (Lipinski definition) is 1. The largest absolute Gasteiger partial charge is 0.383 e. The maximum Gasteiger partial charge on any atom is 0.140 e. The molecule has 0 unspecified atom stereocenters. The van der Waals surface area contributed by atoms with Gasteiger partial charge in [-0.25, -0.2) is 9.97 Å². The average molecular weight is 377 g/mol. The molecule has 1 aliphatic carbocycles. The second kappa shape index (κ2) is 6.41. The molecule has 18 heavy (non-hydrogen) atoms. The van der Waals surface area contributed by atoms with Crippen LogP contribution in [0, 0.1) is 3.57 Å². The Bertz CT molecular complexity index is 417. The van der Waals surface area contributed by atoms with Gasteiger partial charge < -0.3 is 5.73 Å².